The molecule has 0 aromatic carbocycles. The maximum absolute atomic E-state index is 12.0. The van der Waals surface area contributed by atoms with Crippen LogP contribution in [-0.2, 0) is 4.79 Å². The Hall–Kier alpha value is -0.280. The Morgan fingerprint density at radius 3 is 2.56 bits per heavy atom. The second-order valence-electron chi connectivity index (χ2n) is 5.45. The van der Waals surface area contributed by atoms with E-state index in [1.54, 1.807) is 0 Å². The molecule has 0 bridgehead atoms. The second-order valence-corrected chi connectivity index (χ2v) is 5.45. The van der Waals surface area contributed by atoms with Crippen molar-refractivity contribution in [1.29, 1.82) is 0 Å². The zero-order chi connectivity index (χ0) is 11.0. The number of halogens is 1. The number of amides is 1. The Morgan fingerprint density at radius 1 is 1.44 bits per heavy atom. The van der Waals surface area contributed by atoms with Crippen molar-refractivity contribution in [1.82, 2.24) is 10.6 Å². The maximum atomic E-state index is 12.0. The summed E-state index contributed by atoms with van der Waals surface area (Å²) in [4.78, 5) is 12.0. The molecule has 1 amide bonds. The average molecular weight is 247 g/mol. The van der Waals surface area contributed by atoms with E-state index < -0.39 is 0 Å². The fourth-order valence-corrected chi connectivity index (χ4v) is 2.53. The van der Waals surface area contributed by atoms with Crippen LogP contribution in [0.2, 0.25) is 0 Å². The molecule has 1 heterocycles. The third-order valence-electron chi connectivity index (χ3n) is 3.76. The van der Waals surface area contributed by atoms with Gasteiger partial charge in [0.25, 0.3) is 0 Å². The van der Waals surface area contributed by atoms with Crippen molar-refractivity contribution in [2.45, 2.75) is 45.7 Å². The summed E-state index contributed by atoms with van der Waals surface area (Å²) in [5.74, 6) is 1.70. The Morgan fingerprint density at radius 2 is 2.06 bits per heavy atom. The van der Waals surface area contributed by atoms with Crippen molar-refractivity contribution in [3.63, 3.8) is 0 Å². The number of nitrogens with one attached hydrogen (secondary N) is 2. The number of carbonyl (C=O) groups is 1. The van der Waals surface area contributed by atoms with Gasteiger partial charge in [0.05, 0.1) is 5.92 Å². The van der Waals surface area contributed by atoms with Gasteiger partial charge in [-0.25, -0.2) is 0 Å². The predicted molar refractivity (Wildman–Crippen MR) is 67.7 cm³/mol. The number of hydrogen-bond donors (Lipinski definition) is 2. The normalized spacial score (nSPS) is 37.0. The fourth-order valence-electron chi connectivity index (χ4n) is 2.53. The average Bonchev–Trinajstić information content (AvgIpc) is 2.71. The number of carbonyl (C=O) groups excluding carboxylic acids is 1. The van der Waals surface area contributed by atoms with E-state index in [1.807, 2.05) is 0 Å². The third kappa shape index (κ3) is 2.89. The molecule has 2 fully saturated rings. The van der Waals surface area contributed by atoms with Crippen LogP contribution in [0.3, 0.4) is 0 Å². The first-order chi connectivity index (χ1) is 7.09. The SMILES string of the molecule is CC(C)C1NCCC1C(=O)NC1CC1C.Cl. The van der Waals surface area contributed by atoms with Gasteiger partial charge >= 0.3 is 0 Å². The Bertz CT molecular complexity index is 257. The summed E-state index contributed by atoms with van der Waals surface area (Å²) >= 11 is 0. The van der Waals surface area contributed by atoms with Crippen LogP contribution in [0, 0.1) is 17.8 Å². The van der Waals surface area contributed by atoms with Crippen molar-refractivity contribution in [2.24, 2.45) is 17.8 Å². The molecule has 2 rings (SSSR count). The Labute approximate surface area is 104 Å². The van der Waals surface area contributed by atoms with E-state index >= 15 is 0 Å². The maximum Gasteiger partial charge on any atom is 0.224 e. The van der Waals surface area contributed by atoms with Crippen LogP contribution in [0.25, 0.3) is 0 Å². The van der Waals surface area contributed by atoms with Gasteiger partial charge in [0.15, 0.2) is 0 Å². The highest BCUT2D eigenvalue weighted by atomic mass is 35.5. The largest absolute Gasteiger partial charge is 0.353 e. The van der Waals surface area contributed by atoms with E-state index in [0.29, 0.717) is 23.9 Å². The van der Waals surface area contributed by atoms with E-state index in [4.69, 9.17) is 0 Å². The van der Waals surface area contributed by atoms with E-state index in [-0.39, 0.29) is 24.2 Å². The summed E-state index contributed by atoms with van der Waals surface area (Å²) in [6.07, 6.45) is 2.16. The molecule has 1 aliphatic carbocycles. The van der Waals surface area contributed by atoms with Crippen molar-refractivity contribution < 1.29 is 4.79 Å². The lowest BCUT2D eigenvalue weighted by Gasteiger charge is -2.22. The second kappa shape index (κ2) is 5.37. The lowest BCUT2D eigenvalue weighted by atomic mass is 9.91. The molecule has 0 aromatic heterocycles. The van der Waals surface area contributed by atoms with E-state index in [1.165, 1.54) is 0 Å². The molecule has 0 radical (unpaired) electrons. The highest BCUT2D eigenvalue weighted by molar-refractivity contribution is 5.85. The number of hydrogen-bond acceptors (Lipinski definition) is 2. The summed E-state index contributed by atoms with van der Waals surface area (Å²) in [6.45, 7) is 7.55. The van der Waals surface area contributed by atoms with Crippen LogP contribution in [-0.4, -0.2) is 24.5 Å². The first-order valence-electron chi connectivity index (χ1n) is 6.13. The van der Waals surface area contributed by atoms with Crippen LogP contribution in [0.5, 0.6) is 0 Å². The highest BCUT2D eigenvalue weighted by Crippen LogP contribution is 2.30. The van der Waals surface area contributed by atoms with Crippen molar-refractivity contribution in [3.05, 3.63) is 0 Å². The van der Waals surface area contributed by atoms with Crippen LogP contribution in [0.15, 0.2) is 0 Å². The molecule has 3 nitrogen and oxygen atoms in total. The minimum atomic E-state index is 0. The molecular weight excluding hydrogens is 224 g/mol. The van der Waals surface area contributed by atoms with Gasteiger partial charge in [0.2, 0.25) is 5.91 Å². The summed E-state index contributed by atoms with van der Waals surface area (Å²) in [6, 6.07) is 0.838. The van der Waals surface area contributed by atoms with Gasteiger partial charge in [-0.3, -0.25) is 4.79 Å². The molecule has 4 unspecified atom stereocenters. The van der Waals surface area contributed by atoms with Gasteiger partial charge < -0.3 is 10.6 Å². The summed E-state index contributed by atoms with van der Waals surface area (Å²) in [5.41, 5.74) is 0. The Balaban J connectivity index is 0.00000128. The molecule has 4 atom stereocenters. The molecule has 2 N–H and O–H groups in total. The molecule has 4 heteroatoms. The van der Waals surface area contributed by atoms with Crippen molar-refractivity contribution >= 4 is 18.3 Å². The van der Waals surface area contributed by atoms with Gasteiger partial charge in [-0.1, -0.05) is 20.8 Å². The first-order valence-corrected chi connectivity index (χ1v) is 6.13. The lowest BCUT2D eigenvalue weighted by Crippen LogP contribution is -2.42. The minimum absolute atomic E-state index is 0. The summed E-state index contributed by atoms with van der Waals surface area (Å²) in [5, 5.41) is 6.58. The van der Waals surface area contributed by atoms with Crippen LogP contribution >= 0.6 is 12.4 Å². The van der Waals surface area contributed by atoms with Gasteiger partial charge in [-0.15, -0.1) is 12.4 Å². The lowest BCUT2D eigenvalue weighted by molar-refractivity contribution is -0.125. The molecule has 2 aliphatic rings. The van der Waals surface area contributed by atoms with E-state index in [0.717, 1.165) is 19.4 Å². The third-order valence-corrected chi connectivity index (χ3v) is 3.76. The highest BCUT2D eigenvalue weighted by Gasteiger charge is 2.39. The zero-order valence-electron chi connectivity index (χ0n) is 10.3. The van der Waals surface area contributed by atoms with Crippen LogP contribution in [0.4, 0.5) is 0 Å². The molecule has 1 aliphatic heterocycles. The van der Waals surface area contributed by atoms with Crippen molar-refractivity contribution in [2.75, 3.05) is 6.54 Å². The van der Waals surface area contributed by atoms with Gasteiger partial charge in [0, 0.05) is 12.1 Å². The van der Waals surface area contributed by atoms with E-state index in [9.17, 15) is 4.79 Å². The minimum Gasteiger partial charge on any atom is -0.353 e. The molecule has 1 saturated carbocycles. The molecule has 0 spiro atoms. The van der Waals surface area contributed by atoms with Gasteiger partial charge in [-0.2, -0.15) is 0 Å². The topological polar surface area (TPSA) is 41.1 Å². The summed E-state index contributed by atoms with van der Waals surface area (Å²) < 4.78 is 0. The molecule has 94 valence electrons. The van der Waals surface area contributed by atoms with E-state index in [2.05, 4.69) is 31.4 Å². The molecule has 16 heavy (non-hydrogen) atoms. The molecular formula is C12H23ClN2O. The first kappa shape index (κ1) is 13.8. The molecule has 0 aromatic rings. The fraction of sp³-hybridized carbons (Fsp3) is 0.917. The van der Waals surface area contributed by atoms with Gasteiger partial charge in [0.1, 0.15) is 0 Å². The van der Waals surface area contributed by atoms with Crippen molar-refractivity contribution in [3.8, 4) is 0 Å². The quantitative estimate of drug-likeness (QED) is 0.794. The smallest absolute Gasteiger partial charge is 0.224 e. The zero-order valence-corrected chi connectivity index (χ0v) is 11.1. The Kier molecular flexibility index (Phi) is 4.62. The monoisotopic (exact) mass is 246 g/mol. The summed E-state index contributed by atoms with van der Waals surface area (Å²) in [7, 11) is 0. The number of rotatable bonds is 3. The van der Waals surface area contributed by atoms with Gasteiger partial charge in [-0.05, 0) is 31.2 Å². The molecule has 1 saturated heterocycles. The van der Waals surface area contributed by atoms with Crippen LogP contribution < -0.4 is 10.6 Å². The predicted octanol–water partition coefficient (Wildman–Crippen LogP) is 1.57. The standard InChI is InChI=1S/C12H22N2O.ClH/c1-7(2)11-9(4-5-13-11)12(15)14-10-6-8(10)3;/h7-11,13H,4-6H2,1-3H3,(H,14,15);1H. The van der Waals surface area contributed by atoms with Crippen LogP contribution in [0.1, 0.15) is 33.6 Å².